The summed E-state index contributed by atoms with van der Waals surface area (Å²) in [5.74, 6) is -0.224. The predicted molar refractivity (Wildman–Crippen MR) is 92.0 cm³/mol. The maximum Gasteiger partial charge on any atom is 0.266 e. The fraction of sp³-hybridized carbons (Fsp3) is 0.444. The minimum atomic E-state index is -0.250. The lowest BCUT2D eigenvalue weighted by atomic mass is 10.1. The lowest BCUT2D eigenvalue weighted by Gasteiger charge is -2.35. The summed E-state index contributed by atoms with van der Waals surface area (Å²) in [6.07, 6.45) is 0.698. The maximum atomic E-state index is 13.0. The molecular formula is C18H21FN2O2S. The molecule has 0 saturated carbocycles. The van der Waals surface area contributed by atoms with Gasteiger partial charge in [-0.25, -0.2) is 9.37 Å². The summed E-state index contributed by atoms with van der Waals surface area (Å²) in [6, 6.07) is 6.38. The molecule has 1 fully saturated rings. The van der Waals surface area contributed by atoms with E-state index in [1.165, 1.54) is 23.5 Å². The first kappa shape index (κ1) is 17.0. The normalized spacial score (nSPS) is 21.1. The van der Waals surface area contributed by atoms with Crippen LogP contribution < -0.4 is 0 Å². The van der Waals surface area contributed by atoms with Gasteiger partial charge in [-0.05, 0) is 38.5 Å². The van der Waals surface area contributed by atoms with Gasteiger partial charge in [0.05, 0.1) is 22.9 Å². The molecule has 0 N–H and O–H groups in total. The second-order valence-electron chi connectivity index (χ2n) is 6.29. The first-order chi connectivity index (χ1) is 11.4. The molecule has 0 bridgehead atoms. The molecule has 3 rings (SSSR count). The number of amides is 1. The molecule has 1 aliphatic heterocycles. The van der Waals surface area contributed by atoms with E-state index in [4.69, 9.17) is 4.74 Å². The van der Waals surface area contributed by atoms with Gasteiger partial charge in [0, 0.05) is 19.5 Å². The summed E-state index contributed by atoms with van der Waals surface area (Å²) in [6.45, 7) is 7.04. The monoisotopic (exact) mass is 348 g/mol. The Bertz CT molecular complexity index is 719. The number of aryl methyl sites for hydroxylation is 1. The van der Waals surface area contributed by atoms with Crippen LogP contribution in [0.4, 0.5) is 4.39 Å². The zero-order chi connectivity index (χ0) is 17.3. The SMILES string of the molecule is Cc1nc(Cc2ccc(F)cc2)sc1C(=O)N1C[C@@H](C)O[C@H](C)C1. The number of thiazole rings is 1. The molecule has 0 radical (unpaired) electrons. The summed E-state index contributed by atoms with van der Waals surface area (Å²) in [5, 5.41) is 0.872. The number of morpholine rings is 1. The van der Waals surface area contributed by atoms with Crippen LogP contribution in [0.3, 0.4) is 0 Å². The Balaban J connectivity index is 1.75. The van der Waals surface area contributed by atoms with E-state index in [2.05, 4.69) is 4.98 Å². The fourth-order valence-electron chi connectivity index (χ4n) is 2.99. The summed E-state index contributed by atoms with van der Waals surface area (Å²) in [5.41, 5.74) is 1.74. The number of halogens is 1. The highest BCUT2D eigenvalue weighted by Crippen LogP contribution is 2.24. The zero-order valence-electron chi connectivity index (χ0n) is 14.1. The van der Waals surface area contributed by atoms with Gasteiger partial charge in [-0.1, -0.05) is 12.1 Å². The smallest absolute Gasteiger partial charge is 0.266 e. The Morgan fingerprint density at radius 1 is 1.29 bits per heavy atom. The zero-order valence-corrected chi connectivity index (χ0v) is 14.9. The van der Waals surface area contributed by atoms with Crippen molar-refractivity contribution in [2.75, 3.05) is 13.1 Å². The molecule has 1 aromatic carbocycles. The molecule has 1 amide bonds. The Kier molecular flexibility index (Phi) is 4.96. The summed E-state index contributed by atoms with van der Waals surface area (Å²) in [4.78, 5) is 19.9. The van der Waals surface area contributed by atoms with Gasteiger partial charge >= 0.3 is 0 Å². The van der Waals surface area contributed by atoms with Crippen molar-refractivity contribution in [1.29, 1.82) is 0 Å². The number of carbonyl (C=O) groups is 1. The average Bonchev–Trinajstić information content (AvgIpc) is 2.88. The first-order valence-electron chi connectivity index (χ1n) is 8.08. The molecular weight excluding hydrogens is 327 g/mol. The molecule has 6 heteroatoms. The fourth-order valence-corrected chi connectivity index (χ4v) is 4.06. The van der Waals surface area contributed by atoms with E-state index in [1.807, 2.05) is 25.7 Å². The van der Waals surface area contributed by atoms with Gasteiger partial charge in [0.15, 0.2) is 0 Å². The number of carbonyl (C=O) groups excluding carboxylic acids is 1. The molecule has 0 spiro atoms. The molecule has 1 aromatic heterocycles. The average molecular weight is 348 g/mol. The first-order valence-corrected chi connectivity index (χ1v) is 8.89. The van der Waals surface area contributed by atoms with E-state index < -0.39 is 0 Å². The second kappa shape index (κ2) is 6.99. The van der Waals surface area contributed by atoms with Crippen LogP contribution in [0.25, 0.3) is 0 Å². The number of nitrogens with zero attached hydrogens (tertiary/aromatic N) is 2. The molecule has 2 aromatic rings. The van der Waals surface area contributed by atoms with Crippen LogP contribution in [0.15, 0.2) is 24.3 Å². The molecule has 2 atom stereocenters. The maximum absolute atomic E-state index is 13.0. The van der Waals surface area contributed by atoms with E-state index in [-0.39, 0.29) is 23.9 Å². The number of hydrogen-bond acceptors (Lipinski definition) is 4. The van der Waals surface area contributed by atoms with Gasteiger partial charge < -0.3 is 9.64 Å². The van der Waals surface area contributed by atoms with Gasteiger partial charge in [-0.15, -0.1) is 11.3 Å². The van der Waals surface area contributed by atoms with Crippen molar-refractivity contribution in [2.24, 2.45) is 0 Å². The second-order valence-corrected chi connectivity index (χ2v) is 7.38. The van der Waals surface area contributed by atoms with E-state index in [0.717, 1.165) is 16.3 Å². The topological polar surface area (TPSA) is 42.4 Å². The largest absolute Gasteiger partial charge is 0.372 e. The predicted octanol–water partition coefficient (Wildman–Crippen LogP) is 3.43. The van der Waals surface area contributed by atoms with Gasteiger partial charge in [0.2, 0.25) is 0 Å². The highest BCUT2D eigenvalue weighted by atomic mass is 32.1. The number of aromatic nitrogens is 1. The molecule has 2 heterocycles. The third-order valence-corrected chi connectivity index (χ3v) is 5.16. The van der Waals surface area contributed by atoms with Crippen LogP contribution in [-0.4, -0.2) is 41.1 Å². The minimum Gasteiger partial charge on any atom is -0.372 e. The van der Waals surface area contributed by atoms with Crippen molar-refractivity contribution in [2.45, 2.75) is 39.4 Å². The van der Waals surface area contributed by atoms with Gasteiger partial charge in [0.25, 0.3) is 5.91 Å². The highest BCUT2D eigenvalue weighted by Gasteiger charge is 2.28. The Morgan fingerprint density at radius 2 is 1.92 bits per heavy atom. The van der Waals surface area contributed by atoms with Crippen molar-refractivity contribution < 1.29 is 13.9 Å². The van der Waals surface area contributed by atoms with Crippen molar-refractivity contribution in [3.8, 4) is 0 Å². The quantitative estimate of drug-likeness (QED) is 0.853. The summed E-state index contributed by atoms with van der Waals surface area (Å²) in [7, 11) is 0. The Morgan fingerprint density at radius 3 is 2.54 bits per heavy atom. The molecule has 128 valence electrons. The molecule has 24 heavy (non-hydrogen) atoms. The lowest BCUT2D eigenvalue weighted by molar-refractivity contribution is -0.0585. The number of ether oxygens (including phenoxy) is 1. The third kappa shape index (κ3) is 3.82. The van der Waals surface area contributed by atoms with Crippen LogP contribution in [0.5, 0.6) is 0 Å². The molecule has 1 saturated heterocycles. The number of benzene rings is 1. The lowest BCUT2D eigenvalue weighted by Crippen LogP contribution is -2.48. The number of hydrogen-bond donors (Lipinski definition) is 0. The van der Waals surface area contributed by atoms with Crippen molar-refractivity contribution in [3.63, 3.8) is 0 Å². The van der Waals surface area contributed by atoms with Crippen LogP contribution >= 0.6 is 11.3 Å². The molecule has 0 unspecified atom stereocenters. The summed E-state index contributed by atoms with van der Waals surface area (Å²) >= 11 is 1.43. The van der Waals surface area contributed by atoms with E-state index in [1.54, 1.807) is 12.1 Å². The van der Waals surface area contributed by atoms with Crippen LogP contribution in [0, 0.1) is 12.7 Å². The van der Waals surface area contributed by atoms with E-state index in [9.17, 15) is 9.18 Å². The van der Waals surface area contributed by atoms with Crippen molar-refractivity contribution in [1.82, 2.24) is 9.88 Å². The van der Waals surface area contributed by atoms with Crippen molar-refractivity contribution >= 4 is 17.2 Å². The highest BCUT2D eigenvalue weighted by molar-refractivity contribution is 7.13. The standard InChI is InChI=1S/C18H21FN2O2S/c1-11-9-21(10-12(2)23-11)18(22)17-13(3)20-16(24-17)8-14-4-6-15(19)7-5-14/h4-7,11-12H,8-10H2,1-3H3/t11-,12-/m1/s1. The Labute approximate surface area is 145 Å². The minimum absolute atomic E-state index is 0.0253. The molecule has 1 aliphatic rings. The Hall–Kier alpha value is -1.79. The number of rotatable bonds is 3. The van der Waals surface area contributed by atoms with E-state index >= 15 is 0 Å². The molecule has 0 aliphatic carbocycles. The van der Waals surface area contributed by atoms with Gasteiger partial charge in [0.1, 0.15) is 10.7 Å². The van der Waals surface area contributed by atoms with Crippen LogP contribution in [0.2, 0.25) is 0 Å². The van der Waals surface area contributed by atoms with Gasteiger partial charge in [-0.3, -0.25) is 4.79 Å². The third-order valence-electron chi connectivity index (χ3n) is 4.01. The molecule has 4 nitrogen and oxygen atoms in total. The van der Waals surface area contributed by atoms with Crippen LogP contribution in [0.1, 0.15) is 39.8 Å². The van der Waals surface area contributed by atoms with Crippen LogP contribution in [-0.2, 0) is 11.2 Å². The van der Waals surface area contributed by atoms with Gasteiger partial charge in [-0.2, -0.15) is 0 Å². The summed E-state index contributed by atoms with van der Waals surface area (Å²) < 4.78 is 18.7. The van der Waals surface area contributed by atoms with E-state index in [0.29, 0.717) is 24.4 Å². The van der Waals surface area contributed by atoms with Crippen molar-refractivity contribution in [3.05, 3.63) is 51.2 Å².